The number of carbonyl (C=O) groups is 1. The van der Waals surface area contributed by atoms with Gasteiger partial charge < -0.3 is 14.0 Å². The summed E-state index contributed by atoms with van der Waals surface area (Å²) in [5.41, 5.74) is 0.0570. The van der Waals surface area contributed by atoms with Gasteiger partial charge in [0.05, 0.1) is 12.7 Å². The summed E-state index contributed by atoms with van der Waals surface area (Å²) in [6.07, 6.45) is 0.654. The third-order valence-electron chi connectivity index (χ3n) is 3.39. The SMILES string of the molecule is CNS(=O)(=O)c1cc(C(=O)OCc2nc(CC(C)C)no2)ccc1OC. The Balaban J connectivity index is 2.12. The number of carbonyl (C=O) groups excluding carboxylic acids is 1. The van der Waals surface area contributed by atoms with E-state index in [1.54, 1.807) is 0 Å². The predicted octanol–water partition coefficient (Wildman–Crippen LogP) is 1.54. The molecule has 26 heavy (non-hydrogen) atoms. The highest BCUT2D eigenvalue weighted by Crippen LogP contribution is 2.25. The molecule has 1 heterocycles. The number of benzene rings is 1. The molecule has 142 valence electrons. The largest absolute Gasteiger partial charge is 0.495 e. The maximum absolute atomic E-state index is 12.2. The van der Waals surface area contributed by atoms with Crippen molar-refractivity contribution in [2.24, 2.45) is 5.92 Å². The van der Waals surface area contributed by atoms with Crippen LogP contribution >= 0.6 is 0 Å². The number of methoxy groups -OCH3 is 1. The molecule has 0 atom stereocenters. The van der Waals surface area contributed by atoms with Crippen molar-refractivity contribution in [3.05, 3.63) is 35.5 Å². The summed E-state index contributed by atoms with van der Waals surface area (Å²) in [5.74, 6) is 0.480. The van der Waals surface area contributed by atoms with Crippen LogP contribution in [0.5, 0.6) is 5.75 Å². The Kier molecular flexibility index (Phi) is 6.32. The molecule has 1 aromatic heterocycles. The van der Waals surface area contributed by atoms with Crippen LogP contribution in [0.3, 0.4) is 0 Å². The van der Waals surface area contributed by atoms with E-state index < -0.39 is 16.0 Å². The second kappa shape index (κ2) is 8.28. The second-order valence-corrected chi connectivity index (χ2v) is 7.71. The number of nitrogens with one attached hydrogen (secondary N) is 1. The zero-order valence-electron chi connectivity index (χ0n) is 15.0. The van der Waals surface area contributed by atoms with Gasteiger partial charge in [-0.15, -0.1) is 0 Å². The molecule has 0 saturated carbocycles. The Morgan fingerprint density at radius 1 is 1.35 bits per heavy atom. The molecule has 1 N–H and O–H groups in total. The molecule has 1 aromatic carbocycles. The summed E-state index contributed by atoms with van der Waals surface area (Å²) in [5, 5.41) is 3.81. The van der Waals surface area contributed by atoms with Crippen molar-refractivity contribution in [3.63, 3.8) is 0 Å². The predicted molar refractivity (Wildman–Crippen MR) is 91.2 cm³/mol. The lowest BCUT2D eigenvalue weighted by atomic mass is 10.1. The average Bonchev–Trinajstić information content (AvgIpc) is 3.05. The van der Waals surface area contributed by atoms with Gasteiger partial charge in [-0.3, -0.25) is 0 Å². The van der Waals surface area contributed by atoms with Gasteiger partial charge in [-0.25, -0.2) is 17.9 Å². The van der Waals surface area contributed by atoms with Crippen LogP contribution in [0, 0.1) is 5.92 Å². The molecule has 0 aliphatic rings. The number of esters is 1. The molecule has 0 fully saturated rings. The molecule has 0 aliphatic carbocycles. The number of nitrogens with zero attached hydrogens (tertiary/aromatic N) is 2. The topological polar surface area (TPSA) is 121 Å². The van der Waals surface area contributed by atoms with Crippen molar-refractivity contribution in [1.29, 1.82) is 0 Å². The fraction of sp³-hybridized carbons (Fsp3) is 0.438. The first-order chi connectivity index (χ1) is 12.3. The van der Waals surface area contributed by atoms with Crippen LogP contribution in [0.2, 0.25) is 0 Å². The van der Waals surface area contributed by atoms with Gasteiger partial charge in [-0.1, -0.05) is 19.0 Å². The standard InChI is InChI=1S/C16H21N3O6S/c1-10(2)7-14-18-15(25-19-14)9-24-16(20)11-5-6-12(23-4)13(8-11)26(21,22)17-3/h5-6,8,10,17H,7,9H2,1-4H3. The van der Waals surface area contributed by atoms with Crippen molar-refractivity contribution < 1.29 is 27.2 Å². The van der Waals surface area contributed by atoms with Gasteiger partial charge in [-0.2, -0.15) is 4.98 Å². The summed E-state index contributed by atoms with van der Waals surface area (Å²) in [6, 6.07) is 3.98. The van der Waals surface area contributed by atoms with E-state index in [0.29, 0.717) is 18.2 Å². The highest BCUT2D eigenvalue weighted by atomic mass is 32.2. The second-order valence-electron chi connectivity index (χ2n) is 5.85. The molecular formula is C16H21N3O6S. The third-order valence-corrected chi connectivity index (χ3v) is 4.82. The molecule has 9 nitrogen and oxygen atoms in total. The van der Waals surface area contributed by atoms with Crippen LogP contribution in [0.15, 0.2) is 27.6 Å². The number of ether oxygens (including phenoxy) is 2. The average molecular weight is 383 g/mol. The number of hydrogen-bond acceptors (Lipinski definition) is 8. The van der Waals surface area contributed by atoms with E-state index in [0.717, 1.165) is 0 Å². The maximum atomic E-state index is 12.2. The molecule has 10 heteroatoms. The lowest BCUT2D eigenvalue weighted by molar-refractivity contribution is 0.0429. The highest BCUT2D eigenvalue weighted by molar-refractivity contribution is 7.89. The summed E-state index contributed by atoms with van der Waals surface area (Å²) in [4.78, 5) is 16.2. The van der Waals surface area contributed by atoms with E-state index in [4.69, 9.17) is 14.0 Å². The van der Waals surface area contributed by atoms with Crippen molar-refractivity contribution in [2.75, 3.05) is 14.2 Å². The smallest absolute Gasteiger partial charge is 0.338 e. The number of rotatable bonds is 8. The van der Waals surface area contributed by atoms with Crippen LogP contribution in [0.1, 0.15) is 35.9 Å². The lowest BCUT2D eigenvalue weighted by Gasteiger charge is -2.10. The van der Waals surface area contributed by atoms with Gasteiger partial charge in [0.15, 0.2) is 12.4 Å². The van der Waals surface area contributed by atoms with Crippen molar-refractivity contribution in [1.82, 2.24) is 14.9 Å². The van der Waals surface area contributed by atoms with Crippen LogP contribution in [0.4, 0.5) is 0 Å². The fourth-order valence-electron chi connectivity index (χ4n) is 2.13. The Morgan fingerprint density at radius 3 is 2.69 bits per heavy atom. The Bertz CT molecular complexity index is 876. The Labute approximate surface area is 151 Å². The highest BCUT2D eigenvalue weighted by Gasteiger charge is 2.21. The molecule has 0 radical (unpaired) electrons. The van der Waals surface area contributed by atoms with Gasteiger partial charge in [-0.05, 0) is 31.2 Å². The Morgan fingerprint density at radius 2 is 2.08 bits per heavy atom. The van der Waals surface area contributed by atoms with E-state index in [1.165, 1.54) is 32.4 Å². The molecule has 2 rings (SSSR count). The minimum Gasteiger partial charge on any atom is -0.495 e. The first-order valence-corrected chi connectivity index (χ1v) is 9.35. The third kappa shape index (κ3) is 4.79. The minimum absolute atomic E-state index is 0.0570. The van der Waals surface area contributed by atoms with E-state index in [1.807, 2.05) is 13.8 Å². The zero-order valence-corrected chi connectivity index (χ0v) is 15.8. The van der Waals surface area contributed by atoms with Crippen LogP contribution in [-0.4, -0.2) is 38.7 Å². The van der Waals surface area contributed by atoms with E-state index in [9.17, 15) is 13.2 Å². The van der Waals surface area contributed by atoms with E-state index in [2.05, 4.69) is 14.9 Å². The van der Waals surface area contributed by atoms with Crippen molar-refractivity contribution in [2.45, 2.75) is 31.8 Å². The Hall–Kier alpha value is -2.46. The molecule has 0 aliphatic heterocycles. The lowest BCUT2D eigenvalue weighted by Crippen LogP contribution is -2.20. The first kappa shape index (κ1) is 19.9. The van der Waals surface area contributed by atoms with Crippen molar-refractivity contribution in [3.8, 4) is 5.75 Å². The number of hydrogen-bond donors (Lipinski definition) is 1. The quantitative estimate of drug-likeness (QED) is 0.682. The van der Waals surface area contributed by atoms with Crippen molar-refractivity contribution >= 4 is 16.0 Å². The molecule has 0 spiro atoms. The first-order valence-electron chi connectivity index (χ1n) is 7.87. The maximum Gasteiger partial charge on any atom is 0.338 e. The van der Waals surface area contributed by atoms with Crippen LogP contribution in [-0.2, 0) is 27.8 Å². The molecule has 0 unspecified atom stereocenters. The summed E-state index contributed by atoms with van der Waals surface area (Å²) >= 11 is 0. The monoisotopic (exact) mass is 383 g/mol. The summed E-state index contributed by atoms with van der Waals surface area (Å²) in [7, 11) is -1.19. The molecule has 2 aromatic rings. The molecule has 0 amide bonds. The molecular weight excluding hydrogens is 362 g/mol. The number of aromatic nitrogens is 2. The van der Waals surface area contributed by atoms with E-state index in [-0.39, 0.29) is 28.7 Å². The number of sulfonamides is 1. The van der Waals surface area contributed by atoms with Crippen LogP contribution < -0.4 is 9.46 Å². The fourth-order valence-corrected chi connectivity index (χ4v) is 3.05. The minimum atomic E-state index is -3.80. The summed E-state index contributed by atoms with van der Waals surface area (Å²) in [6.45, 7) is 3.84. The zero-order chi connectivity index (χ0) is 19.3. The summed E-state index contributed by atoms with van der Waals surface area (Å²) < 4.78 is 41.4. The normalized spacial score (nSPS) is 11.6. The van der Waals surface area contributed by atoms with Gasteiger partial charge in [0, 0.05) is 6.42 Å². The van der Waals surface area contributed by atoms with Crippen LogP contribution in [0.25, 0.3) is 0 Å². The molecule has 0 bridgehead atoms. The molecule has 0 saturated heterocycles. The van der Waals surface area contributed by atoms with Gasteiger partial charge in [0.1, 0.15) is 10.6 Å². The van der Waals surface area contributed by atoms with Gasteiger partial charge in [0.25, 0.3) is 5.89 Å². The van der Waals surface area contributed by atoms with Gasteiger partial charge in [0.2, 0.25) is 10.0 Å². The van der Waals surface area contributed by atoms with Gasteiger partial charge >= 0.3 is 5.97 Å². The van der Waals surface area contributed by atoms with E-state index >= 15 is 0 Å².